The molecule has 218 valence electrons. The molecule has 0 saturated carbocycles. The quantitative estimate of drug-likeness (QED) is 0.309. The Labute approximate surface area is 244 Å². The number of nitrogens with two attached hydrogens (primary N) is 1. The highest BCUT2D eigenvalue weighted by Gasteiger charge is 2.46. The van der Waals surface area contributed by atoms with E-state index >= 15 is 0 Å². The van der Waals surface area contributed by atoms with Crippen LogP contribution in [0.4, 0.5) is 24.9 Å². The lowest BCUT2D eigenvalue weighted by molar-refractivity contribution is -0.198. The van der Waals surface area contributed by atoms with Crippen LogP contribution in [0.15, 0.2) is 42.5 Å². The summed E-state index contributed by atoms with van der Waals surface area (Å²) in [7, 11) is 0. The third kappa shape index (κ3) is 6.47. The summed E-state index contributed by atoms with van der Waals surface area (Å²) < 4.78 is 49.2. The summed E-state index contributed by atoms with van der Waals surface area (Å²) in [5.41, 5.74) is 7.05. The molecule has 4 N–H and O–H groups in total. The molecule has 2 aliphatic heterocycles. The number of carboxylic acid groups (broad SMARTS) is 1. The molecule has 3 heterocycles. The number of nitrogens with one attached hydrogen (secondary N) is 1. The van der Waals surface area contributed by atoms with Gasteiger partial charge in [-0.25, -0.2) is 0 Å². The molecule has 2 aromatic carbocycles. The second-order valence-electron chi connectivity index (χ2n) is 10.7. The summed E-state index contributed by atoms with van der Waals surface area (Å²) in [6.07, 6.45) is -5.29. The lowest BCUT2D eigenvalue weighted by Crippen LogP contribution is -2.41. The highest BCUT2D eigenvalue weighted by atomic mass is 35.5. The molecule has 2 aliphatic rings. The van der Waals surface area contributed by atoms with E-state index in [0.717, 1.165) is 5.56 Å². The molecule has 0 amide bonds. The smallest absolute Gasteiger partial charge is 0.429 e. The molecule has 1 aromatic heterocycles. The zero-order valence-corrected chi connectivity index (χ0v) is 23.5. The SMILES string of the molecule is Cc1cc(Cl)cc(-c2cc(Cl)ccc2C(Oc2cc(N3CCC4(CC3)CN[C@H](C(=O)O)C4)nc(N)n2)C(F)(F)F)c1. The van der Waals surface area contributed by atoms with Gasteiger partial charge in [-0.15, -0.1) is 0 Å². The van der Waals surface area contributed by atoms with Crippen LogP contribution in [0, 0.1) is 12.3 Å². The van der Waals surface area contributed by atoms with E-state index in [0.29, 0.717) is 55.3 Å². The average Bonchev–Trinajstić information content (AvgIpc) is 3.30. The van der Waals surface area contributed by atoms with Gasteiger partial charge < -0.3 is 25.8 Å². The molecule has 41 heavy (non-hydrogen) atoms. The van der Waals surface area contributed by atoms with Crippen molar-refractivity contribution in [3.63, 3.8) is 0 Å². The van der Waals surface area contributed by atoms with Crippen molar-refractivity contribution in [1.82, 2.24) is 15.3 Å². The molecular formula is C28H28Cl2F3N5O3. The van der Waals surface area contributed by atoms with Crippen LogP contribution in [0.5, 0.6) is 5.88 Å². The first kappa shape index (κ1) is 29.2. The number of carbonyl (C=O) groups is 1. The topological polar surface area (TPSA) is 114 Å². The van der Waals surface area contributed by atoms with Crippen LogP contribution in [0.2, 0.25) is 10.0 Å². The molecule has 2 atom stereocenters. The van der Waals surface area contributed by atoms with Gasteiger partial charge in [0.15, 0.2) is 0 Å². The summed E-state index contributed by atoms with van der Waals surface area (Å²) in [5.74, 6) is -1.09. The van der Waals surface area contributed by atoms with Crippen molar-refractivity contribution in [2.24, 2.45) is 5.41 Å². The number of carboxylic acids is 1. The summed E-state index contributed by atoms with van der Waals surface area (Å²) in [5, 5.41) is 13.0. The van der Waals surface area contributed by atoms with E-state index in [1.807, 2.05) is 4.90 Å². The number of halogens is 5. The first-order chi connectivity index (χ1) is 19.3. The standard InChI is InChI=1S/C28H28Cl2F3N5O3/c1-15-8-16(10-18(30)9-15)20-11-17(29)2-3-19(20)24(28(31,32)33)41-23-12-22(36-26(34)37-23)38-6-4-27(5-7-38)13-21(25(39)40)35-14-27/h2-3,8-12,21,24,35H,4-7,13-14H2,1H3,(H,39,40)(H2,34,36,37)/t21-,24?/m0/s1. The number of hydrogen-bond donors (Lipinski definition) is 3. The monoisotopic (exact) mass is 609 g/mol. The van der Waals surface area contributed by atoms with Gasteiger partial charge in [-0.3, -0.25) is 4.79 Å². The third-order valence-corrected chi connectivity index (χ3v) is 8.15. The van der Waals surface area contributed by atoms with E-state index in [1.54, 1.807) is 25.1 Å². The molecule has 0 bridgehead atoms. The van der Waals surface area contributed by atoms with Gasteiger partial charge in [-0.05, 0) is 72.6 Å². The molecule has 0 aliphatic carbocycles. The van der Waals surface area contributed by atoms with Crippen molar-refractivity contribution in [2.75, 3.05) is 30.3 Å². The molecule has 5 rings (SSSR count). The maximum Gasteiger partial charge on any atom is 0.429 e. The normalized spacial score (nSPS) is 19.4. The van der Waals surface area contributed by atoms with Gasteiger partial charge in [0.2, 0.25) is 17.9 Å². The molecule has 1 spiro atoms. The number of nitrogen functional groups attached to an aromatic ring is 1. The Balaban J connectivity index is 1.43. The van der Waals surface area contributed by atoms with E-state index in [2.05, 4.69) is 15.3 Å². The maximum absolute atomic E-state index is 14.5. The van der Waals surface area contributed by atoms with E-state index in [4.69, 9.17) is 33.7 Å². The number of rotatable bonds is 6. The highest BCUT2D eigenvalue weighted by Crippen LogP contribution is 2.44. The number of benzene rings is 2. The van der Waals surface area contributed by atoms with Gasteiger partial charge in [0.1, 0.15) is 11.9 Å². The van der Waals surface area contributed by atoms with Crippen LogP contribution < -0.4 is 20.7 Å². The summed E-state index contributed by atoms with van der Waals surface area (Å²) in [6, 6.07) is 9.85. The first-order valence-corrected chi connectivity index (χ1v) is 13.7. The Bertz CT molecular complexity index is 1440. The number of hydrogen-bond acceptors (Lipinski definition) is 7. The van der Waals surface area contributed by atoms with E-state index in [9.17, 15) is 23.1 Å². The van der Waals surface area contributed by atoms with Crippen molar-refractivity contribution >= 4 is 40.9 Å². The zero-order valence-electron chi connectivity index (χ0n) is 22.0. The molecule has 13 heteroatoms. The fourth-order valence-corrected chi connectivity index (χ4v) is 6.12. The second kappa shape index (κ2) is 11.2. The number of aryl methyl sites for hydroxylation is 1. The minimum absolute atomic E-state index is 0.150. The summed E-state index contributed by atoms with van der Waals surface area (Å²) in [4.78, 5) is 21.5. The fraction of sp³-hybridized carbons (Fsp3) is 0.393. The van der Waals surface area contributed by atoms with Crippen LogP contribution in [-0.4, -0.2) is 52.9 Å². The van der Waals surface area contributed by atoms with Crippen molar-refractivity contribution in [3.05, 3.63) is 63.6 Å². The molecule has 1 unspecified atom stereocenters. The number of aromatic nitrogens is 2. The first-order valence-electron chi connectivity index (χ1n) is 13.0. The van der Waals surface area contributed by atoms with E-state index in [-0.39, 0.29) is 33.4 Å². The Morgan fingerprint density at radius 2 is 1.88 bits per heavy atom. The molecule has 3 aromatic rings. The lowest BCUT2D eigenvalue weighted by Gasteiger charge is -2.39. The Morgan fingerprint density at radius 1 is 1.15 bits per heavy atom. The number of anilines is 2. The fourth-order valence-electron chi connectivity index (χ4n) is 5.66. The minimum Gasteiger partial charge on any atom is -0.480 e. The van der Waals surface area contributed by atoms with Gasteiger partial charge in [-0.2, -0.15) is 23.1 Å². The van der Waals surface area contributed by atoms with Crippen molar-refractivity contribution in [1.29, 1.82) is 0 Å². The average molecular weight is 610 g/mol. The van der Waals surface area contributed by atoms with Gasteiger partial charge in [0.25, 0.3) is 0 Å². The molecule has 2 saturated heterocycles. The highest BCUT2D eigenvalue weighted by molar-refractivity contribution is 6.31. The third-order valence-electron chi connectivity index (χ3n) is 7.70. The van der Waals surface area contributed by atoms with Gasteiger partial charge >= 0.3 is 12.1 Å². The number of piperidine rings is 1. The van der Waals surface area contributed by atoms with Crippen LogP contribution in [0.1, 0.15) is 36.5 Å². The van der Waals surface area contributed by atoms with E-state index in [1.165, 1.54) is 24.3 Å². The molecular weight excluding hydrogens is 582 g/mol. The van der Waals surface area contributed by atoms with Crippen molar-refractivity contribution < 1.29 is 27.8 Å². The lowest BCUT2D eigenvalue weighted by atomic mass is 9.76. The number of aliphatic carboxylic acids is 1. The zero-order chi connectivity index (χ0) is 29.5. The number of nitrogens with zero attached hydrogens (tertiary/aromatic N) is 3. The Hall–Kier alpha value is -3.28. The van der Waals surface area contributed by atoms with E-state index < -0.39 is 24.3 Å². The summed E-state index contributed by atoms with van der Waals surface area (Å²) in [6.45, 7) is 3.45. The molecule has 2 fully saturated rings. The van der Waals surface area contributed by atoms with Gasteiger partial charge in [0, 0.05) is 41.3 Å². The predicted octanol–water partition coefficient (Wildman–Crippen LogP) is 6.06. The predicted molar refractivity (Wildman–Crippen MR) is 150 cm³/mol. The Kier molecular flexibility index (Phi) is 7.97. The van der Waals surface area contributed by atoms with Crippen molar-refractivity contribution in [2.45, 2.75) is 44.5 Å². The van der Waals surface area contributed by atoms with Gasteiger partial charge in [-0.1, -0.05) is 35.3 Å². The van der Waals surface area contributed by atoms with Gasteiger partial charge in [0.05, 0.1) is 0 Å². The number of alkyl halides is 3. The van der Waals surface area contributed by atoms with Crippen molar-refractivity contribution in [3.8, 4) is 17.0 Å². The molecule has 8 nitrogen and oxygen atoms in total. The Morgan fingerprint density at radius 3 is 2.51 bits per heavy atom. The largest absolute Gasteiger partial charge is 0.480 e. The molecule has 0 radical (unpaired) electrons. The van der Waals surface area contributed by atoms with Crippen LogP contribution in [0.25, 0.3) is 11.1 Å². The maximum atomic E-state index is 14.5. The minimum atomic E-state index is -4.82. The number of ether oxygens (including phenoxy) is 1. The summed E-state index contributed by atoms with van der Waals surface area (Å²) >= 11 is 12.4. The van der Waals surface area contributed by atoms with Crippen LogP contribution >= 0.6 is 23.2 Å². The van der Waals surface area contributed by atoms with Crippen LogP contribution in [-0.2, 0) is 4.79 Å². The second-order valence-corrected chi connectivity index (χ2v) is 11.5. The van der Waals surface area contributed by atoms with Crippen LogP contribution in [0.3, 0.4) is 0 Å².